The molecule has 0 N–H and O–H groups in total. The van der Waals surface area contributed by atoms with E-state index in [0.29, 0.717) is 5.56 Å². The first-order valence-electron chi connectivity index (χ1n) is 5.06. The lowest BCUT2D eigenvalue weighted by Gasteiger charge is -2.01. The first-order chi connectivity index (χ1) is 7.93. The summed E-state index contributed by atoms with van der Waals surface area (Å²) in [4.78, 5) is 21.1. The molecular formula is C11H15NO4S. The topological polar surface area (TPSA) is 77.3 Å². The summed E-state index contributed by atoms with van der Waals surface area (Å²) in [6.07, 6.45) is 1.34. The van der Waals surface area contributed by atoms with Gasteiger partial charge in [0.25, 0.3) is 5.69 Å². The van der Waals surface area contributed by atoms with Crippen molar-refractivity contribution in [3.8, 4) is 0 Å². The van der Waals surface area contributed by atoms with Crippen molar-refractivity contribution in [2.75, 3.05) is 6.26 Å². The molecule has 94 valence electrons. The summed E-state index contributed by atoms with van der Waals surface area (Å²) in [5.74, 6) is -0.211. The smallest absolute Gasteiger partial charge is 0.285 e. The second kappa shape index (κ2) is 6.90. The molecule has 17 heavy (non-hydrogen) atoms. The predicted molar refractivity (Wildman–Crippen MR) is 66.8 cm³/mol. The molecule has 1 atom stereocenters. The van der Waals surface area contributed by atoms with Crippen LogP contribution in [0.5, 0.6) is 0 Å². The Morgan fingerprint density at radius 3 is 2.24 bits per heavy atom. The highest BCUT2D eigenvalue weighted by molar-refractivity contribution is 7.84. The highest BCUT2D eigenvalue weighted by atomic mass is 32.2. The monoisotopic (exact) mass is 257 g/mol. The number of hydrogen-bond donors (Lipinski definition) is 0. The van der Waals surface area contributed by atoms with Crippen LogP contribution in [0.15, 0.2) is 23.1 Å². The number of benzene rings is 1. The van der Waals surface area contributed by atoms with E-state index < -0.39 is 15.7 Å². The normalized spacial score (nSPS) is 11.1. The van der Waals surface area contributed by atoms with Crippen molar-refractivity contribution in [3.63, 3.8) is 0 Å². The average molecular weight is 257 g/mol. The van der Waals surface area contributed by atoms with E-state index in [1.807, 2.05) is 13.8 Å². The molecule has 0 saturated heterocycles. The van der Waals surface area contributed by atoms with Gasteiger partial charge in [0.2, 0.25) is 0 Å². The van der Waals surface area contributed by atoms with Crippen LogP contribution in [0.4, 0.5) is 5.69 Å². The number of nitro benzene ring substituents is 1. The van der Waals surface area contributed by atoms with Gasteiger partial charge in [-0.05, 0) is 19.1 Å². The molecule has 0 amide bonds. The van der Waals surface area contributed by atoms with Gasteiger partial charge in [-0.2, -0.15) is 0 Å². The lowest BCUT2D eigenvalue weighted by atomic mass is 10.1. The average Bonchev–Trinajstić information content (AvgIpc) is 2.30. The van der Waals surface area contributed by atoms with Crippen LogP contribution < -0.4 is 0 Å². The number of nitrogens with zero attached hydrogens (tertiary/aromatic N) is 1. The van der Waals surface area contributed by atoms with E-state index in [9.17, 15) is 19.1 Å². The summed E-state index contributed by atoms with van der Waals surface area (Å²) in [5, 5.41) is 10.6. The minimum atomic E-state index is -1.48. The second-order valence-electron chi connectivity index (χ2n) is 2.95. The van der Waals surface area contributed by atoms with E-state index >= 15 is 0 Å². The van der Waals surface area contributed by atoms with E-state index in [-0.39, 0.29) is 16.4 Å². The predicted octanol–water partition coefficient (Wildman–Crippen LogP) is 2.56. The fourth-order valence-electron chi connectivity index (χ4n) is 1.11. The number of nitro groups is 1. The zero-order valence-corrected chi connectivity index (χ0v) is 11.0. The minimum Gasteiger partial charge on any atom is -0.295 e. The quantitative estimate of drug-likeness (QED) is 0.473. The number of rotatable bonds is 3. The first kappa shape index (κ1) is 15.4. The van der Waals surface area contributed by atoms with Crippen LogP contribution in [0.3, 0.4) is 0 Å². The molecule has 0 aromatic heterocycles. The van der Waals surface area contributed by atoms with Crippen molar-refractivity contribution in [3.05, 3.63) is 33.9 Å². The molecule has 1 aromatic carbocycles. The van der Waals surface area contributed by atoms with E-state index in [0.717, 1.165) is 0 Å². The molecule has 0 fully saturated rings. The van der Waals surface area contributed by atoms with Gasteiger partial charge < -0.3 is 0 Å². The summed E-state index contributed by atoms with van der Waals surface area (Å²) in [5.41, 5.74) is 0.103. The Labute approximate surface area is 102 Å². The van der Waals surface area contributed by atoms with Gasteiger partial charge in [-0.15, -0.1) is 0 Å². The van der Waals surface area contributed by atoms with Crippen LogP contribution in [-0.4, -0.2) is 21.2 Å². The van der Waals surface area contributed by atoms with Crippen LogP contribution in [0.2, 0.25) is 0 Å². The largest absolute Gasteiger partial charge is 0.295 e. The molecule has 0 radical (unpaired) electrons. The second-order valence-corrected chi connectivity index (χ2v) is 4.30. The number of Topliss-reactive ketones (excluding diaryl/α,β-unsaturated/α-hetero) is 1. The fraction of sp³-hybridized carbons (Fsp3) is 0.364. The van der Waals surface area contributed by atoms with E-state index in [2.05, 4.69) is 0 Å². The van der Waals surface area contributed by atoms with Crippen molar-refractivity contribution in [1.82, 2.24) is 0 Å². The van der Waals surface area contributed by atoms with Crippen molar-refractivity contribution in [2.45, 2.75) is 25.7 Å². The van der Waals surface area contributed by atoms with Crippen molar-refractivity contribution < 1.29 is 13.9 Å². The van der Waals surface area contributed by atoms with Crippen LogP contribution in [0.25, 0.3) is 0 Å². The summed E-state index contributed by atoms with van der Waals surface area (Å²) in [6, 6.07) is 3.86. The standard InChI is InChI=1S/C9H9NO4S.C2H6/c1-6(11)7-3-4-8(10(12)13)9(5-7)15(2)14;1-2/h3-5H,1-2H3;1-2H3. The van der Waals surface area contributed by atoms with Crippen LogP contribution >= 0.6 is 0 Å². The Morgan fingerprint density at radius 2 is 1.88 bits per heavy atom. The molecule has 0 aliphatic rings. The molecule has 0 saturated carbocycles. The summed E-state index contributed by atoms with van der Waals surface area (Å²) in [6.45, 7) is 5.35. The molecule has 6 heteroatoms. The highest BCUT2D eigenvalue weighted by Crippen LogP contribution is 2.22. The molecule has 0 aliphatic carbocycles. The van der Waals surface area contributed by atoms with Gasteiger partial charge in [-0.25, -0.2) is 0 Å². The van der Waals surface area contributed by atoms with Gasteiger partial charge >= 0.3 is 0 Å². The van der Waals surface area contributed by atoms with Crippen LogP contribution in [0, 0.1) is 10.1 Å². The van der Waals surface area contributed by atoms with Crippen molar-refractivity contribution in [1.29, 1.82) is 0 Å². The number of ketones is 1. The van der Waals surface area contributed by atoms with E-state index in [1.165, 1.54) is 31.4 Å². The molecule has 1 rings (SSSR count). The first-order valence-corrected chi connectivity index (χ1v) is 6.62. The van der Waals surface area contributed by atoms with Gasteiger partial charge in [-0.3, -0.25) is 19.1 Å². The third kappa shape index (κ3) is 4.07. The molecule has 0 bridgehead atoms. The highest BCUT2D eigenvalue weighted by Gasteiger charge is 2.17. The van der Waals surface area contributed by atoms with Gasteiger partial charge in [0.1, 0.15) is 4.90 Å². The van der Waals surface area contributed by atoms with Gasteiger partial charge in [0, 0.05) is 17.9 Å². The Hall–Kier alpha value is -1.56. The molecule has 1 unspecified atom stereocenters. The lowest BCUT2D eigenvalue weighted by Crippen LogP contribution is -2.00. The molecule has 1 aromatic rings. The Bertz CT molecular complexity index is 457. The number of carbonyl (C=O) groups is 1. The third-order valence-electron chi connectivity index (χ3n) is 1.87. The fourth-order valence-corrected chi connectivity index (χ4v) is 1.84. The van der Waals surface area contributed by atoms with E-state index in [4.69, 9.17) is 0 Å². The molecule has 0 heterocycles. The molecular weight excluding hydrogens is 242 g/mol. The maximum atomic E-state index is 11.2. The van der Waals surface area contributed by atoms with Crippen LogP contribution in [-0.2, 0) is 10.8 Å². The SMILES string of the molecule is CC.CC(=O)c1ccc([N+](=O)[O-])c(S(C)=O)c1. The van der Waals surface area contributed by atoms with Gasteiger partial charge in [-0.1, -0.05) is 13.8 Å². The van der Waals surface area contributed by atoms with Crippen LogP contribution in [0.1, 0.15) is 31.1 Å². The zero-order valence-electron chi connectivity index (χ0n) is 10.2. The Balaban J connectivity index is 0.00000121. The Kier molecular flexibility index (Phi) is 6.27. The molecule has 0 spiro atoms. The molecule has 5 nitrogen and oxygen atoms in total. The minimum absolute atomic E-state index is 0.0766. The lowest BCUT2D eigenvalue weighted by molar-refractivity contribution is -0.387. The maximum absolute atomic E-state index is 11.2. The van der Waals surface area contributed by atoms with Gasteiger partial charge in [0.15, 0.2) is 5.78 Å². The summed E-state index contributed by atoms with van der Waals surface area (Å²) in [7, 11) is -1.48. The number of hydrogen-bond acceptors (Lipinski definition) is 4. The zero-order chi connectivity index (χ0) is 13.6. The van der Waals surface area contributed by atoms with Crippen molar-refractivity contribution >= 4 is 22.3 Å². The maximum Gasteiger partial charge on any atom is 0.285 e. The number of carbonyl (C=O) groups excluding carboxylic acids is 1. The Morgan fingerprint density at radius 1 is 1.35 bits per heavy atom. The third-order valence-corrected chi connectivity index (χ3v) is 2.82. The van der Waals surface area contributed by atoms with Crippen molar-refractivity contribution in [2.24, 2.45) is 0 Å². The summed E-state index contributed by atoms with van der Waals surface area (Å²) < 4.78 is 11.2. The van der Waals surface area contributed by atoms with E-state index in [1.54, 1.807) is 0 Å². The van der Waals surface area contributed by atoms with Gasteiger partial charge in [0.05, 0.1) is 15.7 Å². The molecule has 0 aliphatic heterocycles. The summed E-state index contributed by atoms with van der Waals surface area (Å²) >= 11 is 0.